The number of halogens is 1. The molecule has 1 amide bonds. The first-order valence-corrected chi connectivity index (χ1v) is 14.0. The maximum absolute atomic E-state index is 13.3. The van der Waals surface area contributed by atoms with Gasteiger partial charge in [-0.1, -0.05) is 18.2 Å². The van der Waals surface area contributed by atoms with Crippen LogP contribution in [0.1, 0.15) is 21.6 Å². The summed E-state index contributed by atoms with van der Waals surface area (Å²) in [7, 11) is 0. The number of rotatable bonds is 18. The molecule has 0 aliphatic rings. The summed E-state index contributed by atoms with van der Waals surface area (Å²) in [5, 5.41) is 12.4. The van der Waals surface area contributed by atoms with E-state index >= 15 is 0 Å². The van der Waals surface area contributed by atoms with E-state index in [-0.39, 0.29) is 11.7 Å². The largest absolute Gasteiger partial charge is 0.378 e. The number of aromatic nitrogens is 4. The monoisotopic (exact) mass is 589 g/mol. The highest BCUT2D eigenvalue weighted by Gasteiger charge is 2.10. The molecule has 2 aromatic heterocycles. The highest BCUT2D eigenvalue weighted by atomic mass is 19.1. The van der Waals surface area contributed by atoms with Gasteiger partial charge >= 0.3 is 0 Å². The first kappa shape index (κ1) is 31.2. The molecule has 226 valence electrons. The lowest BCUT2D eigenvalue weighted by Crippen LogP contribution is -2.27. The molecule has 0 bridgehead atoms. The zero-order valence-electron chi connectivity index (χ0n) is 23.8. The Morgan fingerprint density at radius 1 is 0.791 bits per heavy atom. The van der Waals surface area contributed by atoms with E-state index in [0.29, 0.717) is 88.1 Å². The first-order chi connectivity index (χ1) is 21.1. The van der Waals surface area contributed by atoms with Gasteiger partial charge in [-0.2, -0.15) is 15.0 Å². The molecule has 4 aromatic rings. The van der Waals surface area contributed by atoms with Crippen molar-refractivity contribution >= 4 is 29.4 Å². The van der Waals surface area contributed by atoms with E-state index in [2.05, 4.69) is 41.2 Å². The molecule has 0 saturated carbocycles. The second-order valence-corrected chi connectivity index (χ2v) is 9.26. The van der Waals surface area contributed by atoms with Crippen molar-refractivity contribution in [3.63, 3.8) is 0 Å². The summed E-state index contributed by atoms with van der Waals surface area (Å²) in [6.07, 6.45) is 2.44. The predicted molar refractivity (Wildman–Crippen MR) is 163 cm³/mol. The van der Waals surface area contributed by atoms with Crippen LogP contribution in [0, 0.1) is 5.82 Å². The van der Waals surface area contributed by atoms with Gasteiger partial charge in [0.15, 0.2) is 0 Å². The van der Waals surface area contributed by atoms with Gasteiger partial charge in [0.1, 0.15) is 5.82 Å². The molecule has 0 atom stereocenters. The molecule has 4 rings (SSSR count). The summed E-state index contributed by atoms with van der Waals surface area (Å²) in [5.41, 5.74) is 8.38. The van der Waals surface area contributed by atoms with Gasteiger partial charge in [0.25, 0.3) is 5.91 Å². The molecule has 13 heteroatoms. The second-order valence-electron chi connectivity index (χ2n) is 9.26. The van der Waals surface area contributed by atoms with Crippen LogP contribution in [0.15, 0.2) is 72.9 Å². The number of benzene rings is 2. The quantitative estimate of drug-likeness (QED) is 0.108. The van der Waals surface area contributed by atoms with Gasteiger partial charge in [0, 0.05) is 55.7 Å². The van der Waals surface area contributed by atoms with Gasteiger partial charge in [0.2, 0.25) is 17.8 Å². The Balaban J connectivity index is 1.34. The van der Waals surface area contributed by atoms with Gasteiger partial charge in [-0.25, -0.2) is 4.39 Å². The third-order valence-corrected chi connectivity index (χ3v) is 5.96. The van der Waals surface area contributed by atoms with Crippen LogP contribution in [0.2, 0.25) is 0 Å². The van der Waals surface area contributed by atoms with E-state index in [1.165, 1.54) is 12.1 Å². The standard InChI is InChI=1S/C30H36FN9O3/c31-24-8-4-22(5-9-24)21-36-29-38-28(35-15-12-25-3-1-2-14-33-25)39-30(40-29)37-26-10-6-23(7-11-26)27(41)34-16-18-43-20-19-42-17-13-32/h1-11,14H,12-13,15-21,32H2,(H,34,41)(H3,35,36,37,38,39,40). The number of ether oxygens (including phenoxy) is 2. The minimum atomic E-state index is -0.299. The molecule has 12 nitrogen and oxygen atoms in total. The van der Waals surface area contributed by atoms with Crippen LogP contribution in [-0.2, 0) is 22.4 Å². The van der Waals surface area contributed by atoms with Gasteiger partial charge < -0.3 is 36.5 Å². The summed E-state index contributed by atoms with van der Waals surface area (Å²) in [6.45, 7) is 3.61. The summed E-state index contributed by atoms with van der Waals surface area (Å²) in [6, 6.07) is 18.9. The van der Waals surface area contributed by atoms with Crippen molar-refractivity contribution in [3.05, 3.63) is 95.6 Å². The second kappa shape index (κ2) is 17.3. The van der Waals surface area contributed by atoms with Crippen LogP contribution in [0.5, 0.6) is 0 Å². The van der Waals surface area contributed by atoms with Gasteiger partial charge in [-0.15, -0.1) is 0 Å². The molecular weight excluding hydrogens is 553 g/mol. The number of nitrogens with two attached hydrogens (primary N) is 1. The third kappa shape index (κ3) is 11.2. The van der Waals surface area contributed by atoms with Crippen LogP contribution >= 0.6 is 0 Å². The molecule has 0 radical (unpaired) electrons. The van der Waals surface area contributed by atoms with E-state index < -0.39 is 0 Å². The number of amides is 1. The van der Waals surface area contributed by atoms with E-state index in [1.807, 2.05) is 18.2 Å². The van der Waals surface area contributed by atoms with E-state index in [9.17, 15) is 9.18 Å². The molecule has 2 aromatic carbocycles. The average molecular weight is 590 g/mol. The Kier molecular flexibility index (Phi) is 12.6. The van der Waals surface area contributed by atoms with E-state index in [4.69, 9.17) is 15.2 Å². The number of carbonyl (C=O) groups is 1. The molecule has 0 unspecified atom stereocenters. The Bertz CT molecular complexity index is 1390. The average Bonchev–Trinajstić information content (AvgIpc) is 3.03. The maximum atomic E-state index is 13.3. The Morgan fingerprint density at radius 2 is 1.51 bits per heavy atom. The summed E-state index contributed by atoms with van der Waals surface area (Å²) in [4.78, 5) is 30.3. The summed E-state index contributed by atoms with van der Waals surface area (Å²) >= 11 is 0. The number of anilines is 4. The predicted octanol–water partition coefficient (Wildman–Crippen LogP) is 3.14. The fourth-order valence-corrected chi connectivity index (χ4v) is 3.80. The minimum absolute atomic E-state index is 0.207. The molecule has 0 saturated heterocycles. The van der Waals surface area contributed by atoms with Crippen molar-refractivity contribution in [2.45, 2.75) is 13.0 Å². The molecule has 0 aliphatic carbocycles. The molecule has 2 heterocycles. The highest BCUT2D eigenvalue weighted by Crippen LogP contribution is 2.17. The summed E-state index contributed by atoms with van der Waals surface area (Å²) in [5.74, 6) is 0.515. The number of hydrogen-bond acceptors (Lipinski definition) is 11. The van der Waals surface area contributed by atoms with Crippen molar-refractivity contribution in [2.24, 2.45) is 5.73 Å². The van der Waals surface area contributed by atoms with Crippen molar-refractivity contribution in [3.8, 4) is 0 Å². The molecule has 0 spiro atoms. The van der Waals surface area contributed by atoms with Crippen LogP contribution in [0.3, 0.4) is 0 Å². The van der Waals surface area contributed by atoms with Gasteiger partial charge in [-0.05, 0) is 54.1 Å². The van der Waals surface area contributed by atoms with Crippen molar-refractivity contribution < 1.29 is 18.7 Å². The fourth-order valence-electron chi connectivity index (χ4n) is 3.80. The smallest absolute Gasteiger partial charge is 0.251 e. The number of nitrogens with one attached hydrogen (secondary N) is 4. The highest BCUT2D eigenvalue weighted by molar-refractivity contribution is 5.94. The van der Waals surface area contributed by atoms with Crippen LogP contribution < -0.4 is 27.0 Å². The molecule has 0 aliphatic heterocycles. The van der Waals surface area contributed by atoms with Crippen LogP contribution in [0.4, 0.5) is 27.9 Å². The number of nitrogens with zero attached hydrogens (tertiary/aromatic N) is 4. The molecule has 6 N–H and O–H groups in total. The SMILES string of the molecule is NCCOCCOCCNC(=O)c1ccc(Nc2nc(NCCc3ccccn3)nc(NCc3ccc(F)cc3)n2)cc1. The fraction of sp³-hybridized carbons (Fsp3) is 0.300. The van der Waals surface area contributed by atoms with Crippen molar-refractivity contribution in [1.82, 2.24) is 25.3 Å². The van der Waals surface area contributed by atoms with Gasteiger partial charge in [-0.3, -0.25) is 9.78 Å². The lowest BCUT2D eigenvalue weighted by molar-refractivity contribution is 0.0511. The van der Waals surface area contributed by atoms with Gasteiger partial charge in [0.05, 0.1) is 26.4 Å². The Morgan fingerprint density at radius 3 is 2.23 bits per heavy atom. The molecule has 43 heavy (non-hydrogen) atoms. The number of carbonyl (C=O) groups excluding carboxylic acids is 1. The first-order valence-electron chi connectivity index (χ1n) is 14.0. The molecule has 0 fully saturated rings. The normalized spacial score (nSPS) is 10.7. The minimum Gasteiger partial charge on any atom is -0.378 e. The Hall–Kier alpha value is -4.72. The zero-order valence-corrected chi connectivity index (χ0v) is 23.8. The molecular formula is C30H36FN9O3. The van der Waals surface area contributed by atoms with Crippen LogP contribution in [0.25, 0.3) is 0 Å². The van der Waals surface area contributed by atoms with E-state index in [1.54, 1.807) is 42.6 Å². The number of pyridine rings is 1. The van der Waals surface area contributed by atoms with E-state index in [0.717, 1.165) is 11.3 Å². The maximum Gasteiger partial charge on any atom is 0.251 e. The Labute approximate surface area is 249 Å². The lowest BCUT2D eigenvalue weighted by atomic mass is 10.2. The van der Waals surface area contributed by atoms with Crippen LogP contribution in [-0.4, -0.2) is 71.9 Å². The number of hydrogen-bond donors (Lipinski definition) is 5. The third-order valence-electron chi connectivity index (χ3n) is 5.96. The van der Waals surface area contributed by atoms with Crippen molar-refractivity contribution in [2.75, 3.05) is 62.0 Å². The van der Waals surface area contributed by atoms with Crippen molar-refractivity contribution in [1.29, 1.82) is 0 Å². The topological polar surface area (TPSA) is 161 Å². The zero-order chi connectivity index (χ0) is 30.1. The summed E-state index contributed by atoms with van der Waals surface area (Å²) < 4.78 is 24.0. The lowest BCUT2D eigenvalue weighted by Gasteiger charge is -2.12.